The highest BCUT2D eigenvalue weighted by Crippen LogP contribution is 2.32. The average molecular weight is 381 g/mol. The molecule has 1 saturated carbocycles. The molecule has 1 unspecified atom stereocenters. The molecule has 5 nitrogen and oxygen atoms in total. The van der Waals surface area contributed by atoms with Gasteiger partial charge in [0, 0.05) is 19.1 Å². The summed E-state index contributed by atoms with van der Waals surface area (Å²) in [7, 11) is 1.66. The van der Waals surface area contributed by atoms with E-state index in [2.05, 4.69) is 5.32 Å². The first kappa shape index (κ1) is 19.3. The van der Waals surface area contributed by atoms with Crippen molar-refractivity contribution in [1.29, 1.82) is 0 Å². The van der Waals surface area contributed by atoms with Gasteiger partial charge in [0.25, 0.3) is 0 Å². The van der Waals surface area contributed by atoms with Gasteiger partial charge in [0.1, 0.15) is 18.1 Å². The van der Waals surface area contributed by atoms with Crippen molar-refractivity contribution in [1.82, 2.24) is 10.2 Å². The van der Waals surface area contributed by atoms with Gasteiger partial charge in [-0.3, -0.25) is 4.79 Å². The second kappa shape index (κ2) is 8.49. The van der Waals surface area contributed by atoms with Crippen LogP contribution in [0.4, 0.5) is 0 Å². The van der Waals surface area contributed by atoms with Crippen molar-refractivity contribution in [2.24, 2.45) is 11.8 Å². The molecule has 26 heavy (non-hydrogen) atoms. The molecule has 4 rings (SSSR count). The molecule has 0 spiro atoms. The Morgan fingerprint density at radius 2 is 2.04 bits per heavy atom. The number of rotatable bonds is 5. The van der Waals surface area contributed by atoms with Gasteiger partial charge in [-0.25, -0.2) is 0 Å². The van der Waals surface area contributed by atoms with Crippen molar-refractivity contribution in [2.45, 2.75) is 38.1 Å². The van der Waals surface area contributed by atoms with E-state index < -0.39 is 0 Å². The predicted octanol–water partition coefficient (Wildman–Crippen LogP) is 2.66. The number of nitrogens with zero attached hydrogens (tertiary/aromatic N) is 1. The van der Waals surface area contributed by atoms with Crippen molar-refractivity contribution in [2.75, 3.05) is 33.4 Å². The van der Waals surface area contributed by atoms with Crippen LogP contribution in [-0.4, -0.2) is 50.2 Å². The van der Waals surface area contributed by atoms with E-state index in [1.54, 1.807) is 7.11 Å². The molecule has 1 saturated heterocycles. The number of benzene rings is 1. The van der Waals surface area contributed by atoms with Gasteiger partial charge in [-0.15, -0.1) is 12.4 Å². The van der Waals surface area contributed by atoms with Crippen molar-refractivity contribution in [3.8, 4) is 11.5 Å². The van der Waals surface area contributed by atoms with E-state index in [0.717, 1.165) is 61.9 Å². The van der Waals surface area contributed by atoms with Crippen molar-refractivity contribution in [3.05, 3.63) is 23.8 Å². The lowest BCUT2D eigenvalue weighted by Crippen LogP contribution is -2.48. The Bertz CT molecular complexity index is 627. The predicted molar refractivity (Wildman–Crippen MR) is 103 cm³/mol. The summed E-state index contributed by atoms with van der Waals surface area (Å²) in [5.41, 5.74) is 1.07. The van der Waals surface area contributed by atoms with Crippen LogP contribution in [0.3, 0.4) is 0 Å². The molecule has 1 aliphatic carbocycles. The second-order valence-electron chi connectivity index (χ2n) is 7.64. The fourth-order valence-corrected chi connectivity index (χ4v) is 3.87. The fraction of sp³-hybridized carbons (Fsp3) is 0.650. The summed E-state index contributed by atoms with van der Waals surface area (Å²) >= 11 is 0. The lowest BCUT2D eigenvalue weighted by molar-refractivity contribution is -0.138. The van der Waals surface area contributed by atoms with Gasteiger partial charge in [0.05, 0.1) is 13.0 Å². The highest BCUT2D eigenvalue weighted by molar-refractivity contribution is 5.85. The molecule has 6 heteroatoms. The zero-order valence-corrected chi connectivity index (χ0v) is 16.2. The first-order valence-corrected chi connectivity index (χ1v) is 9.55. The number of methoxy groups -OCH3 is 1. The maximum Gasteiger partial charge on any atom is 0.229 e. The zero-order chi connectivity index (χ0) is 17.2. The summed E-state index contributed by atoms with van der Waals surface area (Å²) in [5.74, 6) is 2.78. The first-order chi connectivity index (χ1) is 12.2. The van der Waals surface area contributed by atoms with Crippen LogP contribution in [0.5, 0.6) is 11.5 Å². The first-order valence-electron chi connectivity index (χ1n) is 9.55. The quantitative estimate of drug-likeness (QED) is 0.853. The standard InChI is InChI=1S/C20H28N2O3.ClH/c1-24-18-4-5-19-15(11-18)10-16(13-25-19)20(23)22-8-6-17(7-9-22)21-12-14-2-3-14;/h4-5,11,14,16-17,21H,2-3,6-10,12-13H2,1H3;1H. The fourth-order valence-electron chi connectivity index (χ4n) is 3.87. The Labute approximate surface area is 161 Å². The van der Waals surface area contributed by atoms with E-state index in [1.165, 1.54) is 12.8 Å². The number of fused-ring (bicyclic) bond motifs is 1. The van der Waals surface area contributed by atoms with E-state index in [1.807, 2.05) is 23.1 Å². The second-order valence-corrected chi connectivity index (χ2v) is 7.64. The maximum absolute atomic E-state index is 12.9. The molecule has 0 aromatic heterocycles. The molecule has 2 fully saturated rings. The third-order valence-electron chi connectivity index (χ3n) is 5.72. The number of halogens is 1. The number of likely N-dealkylation sites (tertiary alicyclic amines) is 1. The minimum Gasteiger partial charge on any atom is -0.497 e. The third-order valence-corrected chi connectivity index (χ3v) is 5.72. The minimum absolute atomic E-state index is 0. The van der Waals surface area contributed by atoms with Gasteiger partial charge in [0.2, 0.25) is 5.91 Å². The monoisotopic (exact) mass is 380 g/mol. The molecular weight excluding hydrogens is 352 g/mol. The Hall–Kier alpha value is -1.46. The van der Waals surface area contributed by atoms with E-state index in [-0.39, 0.29) is 24.2 Å². The van der Waals surface area contributed by atoms with E-state index in [0.29, 0.717) is 12.6 Å². The van der Waals surface area contributed by atoms with Crippen molar-refractivity contribution < 1.29 is 14.3 Å². The summed E-state index contributed by atoms with van der Waals surface area (Å²) < 4.78 is 11.1. The van der Waals surface area contributed by atoms with Crippen LogP contribution in [0, 0.1) is 11.8 Å². The lowest BCUT2D eigenvalue weighted by atomic mass is 9.94. The third kappa shape index (κ3) is 4.44. The molecule has 1 N–H and O–H groups in total. The summed E-state index contributed by atoms with van der Waals surface area (Å²) in [6.45, 7) is 3.37. The number of carbonyl (C=O) groups excluding carboxylic acids is 1. The van der Waals surface area contributed by atoms with Crippen LogP contribution in [0.15, 0.2) is 18.2 Å². The number of hydrogen-bond donors (Lipinski definition) is 1. The normalized spacial score (nSPS) is 22.8. The summed E-state index contributed by atoms with van der Waals surface area (Å²) in [4.78, 5) is 14.9. The largest absolute Gasteiger partial charge is 0.497 e. The van der Waals surface area contributed by atoms with Crippen LogP contribution >= 0.6 is 12.4 Å². The Balaban J connectivity index is 0.00000196. The number of amides is 1. The SMILES string of the molecule is COc1ccc2c(c1)CC(C(=O)N1CCC(NCC3CC3)CC1)CO2.Cl. The number of nitrogens with one attached hydrogen (secondary N) is 1. The van der Waals surface area contributed by atoms with Crippen molar-refractivity contribution >= 4 is 18.3 Å². The smallest absolute Gasteiger partial charge is 0.229 e. The topological polar surface area (TPSA) is 50.8 Å². The van der Waals surface area contributed by atoms with Gasteiger partial charge in [-0.2, -0.15) is 0 Å². The molecule has 144 valence electrons. The van der Waals surface area contributed by atoms with E-state index in [9.17, 15) is 4.79 Å². The number of ether oxygens (including phenoxy) is 2. The summed E-state index contributed by atoms with van der Waals surface area (Å²) in [6, 6.07) is 6.41. The van der Waals surface area contributed by atoms with Crippen LogP contribution < -0.4 is 14.8 Å². The molecule has 0 radical (unpaired) electrons. The Kier molecular flexibility index (Phi) is 6.30. The molecule has 2 aliphatic heterocycles. The Morgan fingerprint density at radius 3 is 2.73 bits per heavy atom. The van der Waals surface area contributed by atoms with E-state index >= 15 is 0 Å². The van der Waals surface area contributed by atoms with Gasteiger partial charge in [-0.05, 0) is 68.3 Å². The van der Waals surface area contributed by atoms with Crippen LogP contribution in [0.1, 0.15) is 31.2 Å². The van der Waals surface area contributed by atoms with Gasteiger partial charge in [0.15, 0.2) is 0 Å². The van der Waals surface area contributed by atoms with Crippen LogP contribution in [0.2, 0.25) is 0 Å². The molecule has 2 heterocycles. The van der Waals surface area contributed by atoms with E-state index in [4.69, 9.17) is 9.47 Å². The van der Waals surface area contributed by atoms with Crippen LogP contribution in [0.25, 0.3) is 0 Å². The lowest BCUT2D eigenvalue weighted by Gasteiger charge is -2.36. The van der Waals surface area contributed by atoms with Gasteiger partial charge < -0.3 is 19.7 Å². The summed E-state index contributed by atoms with van der Waals surface area (Å²) in [6.07, 6.45) is 5.65. The summed E-state index contributed by atoms with van der Waals surface area (Å²) in [5, 5.41) is 3.67. The molecular formula is C20H29ClN2O3. The average Bonchev–Trinajstić information content (AvgIpc) is 3.50. The minimum atomic E-state index is -0.0735. The highest BCUT2D eigenvalue weighted by Gasteiger charge is 2.32. The van der Waals surface area contributed by atoms with Crippen molar-refractivity contribution in [3.63, 3.8) is 0 Å². The maximum atomic E-state index is 12.9. The number of hydrogen-bond acceptors (Lipinski definition) is 4. The molecule has 1 aromatic carbocycles. The molecule has 1 atom stereocenters. The number of carbonyl (C=O) groups is 1. The van der Waals surface area contributed by atoms with Gasteiger partial charge >= 0.3 is 0 Å². The molecule has 0 bridgehead atoms. The Morgan fingerprint density at radius 1 is 1.27 bits per heavy atom. The molecule has 3 aliphatic rings. The van der Waals surface area contributed by atoms with Gasteiger partial charge in [-0.1, -0.05) is 0 Å². The molecule has 1 amide bonds. The molecule has 1 aromatic rings. The highest BCUT2D eigenvalue weighted by atomic mass is 35.5. The number of piperidine rings is 1. The van der Waals surface area contributed by atoms with Crippen LogP contribution in [-0.2, 0) is 11.2 Å². The zero-order valence-electron chi connectivity index (χ0n) is 15.4.